The molecule has 0 aromatic heterocycles. The second-order valence-corrected chi connectivity index (χ2v) is 5.46. The minimum Gasteiger partial charge on any atom is -0.357 e. The fraction of sp³-hybridized carbons (Fsp3) is 0.263. The van der Waals surface area contributed by atoms with E-state index in [0.717, 1.165) is 23.6 Å². The van der Waals surface area contributed by atoms with Gasteiger partial charge in [0.05, 0.1) is 18.2 Å². The zero-order valence-corrected chi connectivity index (χ0v) is 16.7. The van der Waals surface area contributed by atoms with Crippen molar-refractivity contribution in [3.8, 4) is 6.07 Å². The van der Waals surface area contributed by atoms with Crippen molar-refractivity contribution < 1.29 is 4.39 Å². The molecule has 0 bridgehead atoms. The third-order valence-electron chi connectivity index (χ3n) is 3.50. The van der Waals surface area contributed by atoms with E-state index >= 15 is 0 Å². The third-order valence-corrected chi connectivity index (χ3v) is 3.50. The van der Waals surface area contributed by atoms with Crippen molar-refractivity contribution in [1.82, 2.24) is 10.2 Å². The van der Waals surface area contributed by atoms with E-state index < -0.39 is 0 Å². The van der Waals surface area contributed by atoms with E-state index in [0.29, 0.717) is 18.7 Å². The van der Waals surface area contributed by atoms with Crippen LogP contribution in [0.2, 0.25) is 0 Å². The maximum Gasteiger partial charge on any atom is 0.194 e. The van der Waals surface area contributed by atoms with Gasteiger partial charge in [-0.1, -0.05) is 24.3 Å². The summed E-state index contributed by atoms with van der Waals surface area (Å²) in [6.45, 7) is 3.84. The van der Waals surface area contributed by atoms with Gasteiger partial charge < -0.3 is 10.2 Å². The van der Waals surface area contributed by atoms with Gasteiger partial charge in [0.15, 0.2) is 5.96 Å². The van der Waals surface area contributed by atoms with Crippen LogP contribution >= 0.6 is 24.0 Å². The lowest BCUT2D eigenvalue weighted by atomic mass is 10.1. The molecule has 2 rings (SSSR count). The van der Waals surface area contributed by atoms with Crippen molar-refractivity contribution in [1.29, 1.82) is 5.26 Å². The molecule has 0 radical (unpaired) electrons. The topological polar surface area (TPSA) is 51.4 Å². The Morgan fingerprint density at radius 2 is 1.92 bits per heavy atom. The quantitative estimate of drug-likeness (QED) is 0.425. The molecule has 0 fully saturated rings. The molecule has 0 saturated carbocycles. The van der Waals surface area contributed by atoms with Crippen molar-refractivity contribution in [2.24, 2.45) is 4.99 Å². The van der Waals surface area contributed by atoms with Crippen LogP contribution in [-0.4, -0.2) is 24.5 Å². The number of hydrogen-bond donors (Lipinski definition) is 1. The number of nitriles is 1. The summed E-state index contributed by atoms with van der Waals surface area (Å²) >= 11 is 0. The van der Waals surface area contributed by atoms with Crippen molar-refractivity contribution >= 4 is 29.9 Å². The Morgan fingerprint density at radius 3 is 2.52 bits per heavy atom. The lowest BCUT2D eigenvalue weighted by Crippen LogP contribution is -2.38. The molecular weight excluding hydrogens is 430 g/mol. The Morgan fingerprint density at radius 1 is 1.20 bits per heavy atom. The summed E-state index contributed by atoms with van der Waals surface area (Å²) in [7, 11) is 1.92. The average Bonchev–Trinajstić information content (AvgIpc) is 2.59. The molecule has 6 heteroatoms. The van der Waals surface area contributed by atoms with Crippen LogP contribution in [0, 0.1) is 17.1 Å². The molecule has 0 aliphatic carbocycles. The Kier molecular flexibility index (Phi) is 8.92. The van der Waals surface area contributed by atoms with Crippen LogP contribution in [0.3, 0.4) is 0 Å². The van der Waals surface area contributed by atoms with Crippen molar-refractivity contribution in [2.45, 2.75) is 20.0 Å². The molecule has 0 atom stereocenters. The number of aliphatic imine (C=N–C) groups is 1. The fourth-order valence-electron chi connectivity index (χ4n) is 2.30. The predicted octanol–water partition coefficient (Wildman–Crippen LogP) is 3.91. The van der Waals surface area contributed by atoms with Gasteiger partial charge in [0.2, 0.25) is 0 Å². The van der Waals surface area contributed by atoms with E-state index in [2.05, 4.69) is 16.4 Å². The second kappa shape index (κ2) is 10.7. The first-order valence-corrected chi connectivity index (χ1v) is 7.85. The normalized spacial score (nSPS) is 10.6. The first kappa shape index (κ1) is 20.9. The molecule has 4 nitrogen and oxygen atoms in total. The first-order chi connectivity index (χ1) is 11.6. The second-order valence-electron chi connectivity index (χ2n) is 5.46. The minimum absolute atomic E-state index is 0. The van der Waals surface area contributed by atoms with Gasteiger partial charge in [0.1, 0.15) is 5.82 Å². The molecule has 2 aromatic rings. The standard InChI is InChI=1S/C19H21FN4.HI/c1-3-22-19(23-13-16-9-7-15(12-21)8-10-16)24(2)14-17-5-4-6-18(20)11-17;/h4-11H,3,13-14H2,1-2H3,(H,22,23);1H. The fourth-order valence-corrected chi connectivity index (χ4v) is 2.30. The van der Waals surface area contributed by atoms with E-state index in [4.69, 9.17) is 5.26 Å². The number of rotatable bonds is 5. The highest BCUT2D eigenvalue weighted by Gasteiger charge is 2.07. The Hall–Kier alpha value is -2.14. The molecule has 0 aliphatic rings. The summed E-state index contributed by atoms with van der Waals surface area (Å²) in [4.78, 5) is 6.57. The Balaban J connectivity index is 0.00000312. The number of guanidine groups is 1. The SMILES string of the molecule is CCNC(=NCc1ccc(C#N)cc1)N(C)Cc1cccc(F)c1.I. The Labute approximate surface area is 165 Å². The van der Waals surface area contributed by atoms with Gasteiger partial charge in [-0.05, 0) is 42.3 Å². The molecule has 0 spiro atoms. The maximum absolute atomic E-state index is 13.3. The summed E-state index contributed by atoms with van der Waals surface area (Å²) in [5, 5.41) is 12.1. The molecular formula is C19H22FIN4. The van der Waals surface area contributed by atoms with E-state index in [1.807, 2.05) is 37.1 Å². The van der Waals surface area contributed by atoms with Crippen molar-refractivity contribution in [2.75, 3.05) is 13.6 Å². The zero-order valence-electron chi connectivity index (χ0n) is 14.4. The highest BCUT2D eigenvalue weighted by molar-refractivity contribution is 14.0. The van der Waals surface area contributed by atoms with Gasteiger partial charge in [0, 0.05) is 20.1 Å². The maximum atomic E-state index is 13.3. The van der Waals surface area contributed by atoms with E-state index in [9.17, 15) is 4.39 Å². The monoisotopic (exact) mass is 452 g/mol. The van der Waals surface area contributed by atoms with Crippen LogP contribution in [0.4, 0.5) is 4.39 Å². The average molecular weight is 452 g/mol. The van der Waals surface area contributed by atoms with Crippen LogP contribution in [-0.2, 0) is 13.1 Å². The largest absolute Gasteiger partial charge is 0.357 e. The van der Waals surface area contributed by atoms with Gasteiger partial charge >= 0.3 is 0 Å². The van der Waals surface area contributed by atoms with Crippen LogP contribution in [0.15, 0.2) is 53.5 Å². The summed E-state index contributed by atoms with van der Waals surface area (Å²) in [5.74, 6) is 0.520. The summed E-state index contributed by atoms with van der Waals surface area (Å²) in [6.07, 6.45) is 0. The summed E-state index contributed by atoms with van der Waals surface area (Å²) in [5.41, 5.74) is 2.56. The van der Waals surface area contributed by atoms with Crippen LogP contribution in [0.25, 0.3) is 0 Å². The summed E-state index contributed by atoms with van der Waals surface area (Å²) < 4.78 is 13.3. The van der Waals surface area contributed by atoms with Crippen LogP contribution < -0.4 is 5.32 Å². The van der Waals surface area contributed by atoms with Crippen LogP contribution in [0.1, 0.15) is 23.6 Å². The number of nitrogens with zero attached hydrogens (tertiary/aromatic N) is 3. The molecule has 0 heterocycles. The third kappa shape index (κ3) is 6.70. The molecule has 0 aliphatic heterocycles. The highest BCUT2D eigenvalue weighted by Crippen LogP contribution is 2.08. The Bertz CT molecular complexity index is 738. The van der Waals surface area contributed by atoms with Gasteiger partial charge in [-0.2, -0.15) is 5.26 Å². The van der Waals surface area contributed by atoms with Crippen molar-refractivity contribution in [3.63, 3.8) is 0 Å². The number of hydrogen-bond acceptors (Lipinski definition) is 2. The number of benzene rings is 2. The number of nitrogens with one attached hydrogen (secondary N) is 1. The molecule has 0 saturated heterocycles. The number of halogens is 2. The lowest BCUT2D eigenvalue weighted by Gasteiger charge is -2.22. The molecule has 0 amide bonds. The van der Waals surface area contributed by atoms with E-state index in [-0.39, 0.29) is 29.8 Å². The predicted molar refractivity (Wildman–Crippen MR) is 109 cm³/mol. The van der Waals surface area contributed by atoms with Gasteiger partial charge in [-0.3, -0.25) is 0 Å². The molecule has 0 unspecified atom stereocenters. The highest BCUT2D eigenvalue weighted by atomic mass is 127. The van der Waals surface area contributed by atoms with Crippen molar-refractivity contribution in [3.05, 3.63) is 71.0 Å². The van der Waals surface area contributed by atoms with E-state index in [1.165, 1.54) is 12.1 Å². The molecule has 25 heavy (non-hydrogen) atoms. The smallest absolute Gasteiger partial charge is 0.194 e. The van der Waals surface area contributed by atoms with E-state index in [1.54, 1.807) is 18.2 Å². The zero-order chi connectivity index (χ0) is 17.4. The van der Waals surface area contributed by atoms with Gasteiger partial charge in [-0.15, -0.1) is 24.0 Å². The lowest BCUT2D eigenvalue weighted by molar-refractivity contribution is 0.475. The molecule has 132 valence electrons. The molecule has 1 N–H and O–H groups in total. The first-order valence-electron chi connectivity index (χ1n) is 7.85. The van der Waals surface area contributed by atoms with Gasteiger partial charge in [-0.25, -0.2) is 9.38 Å². The van der Waals surface area contributed by atoms with Gasteiger partial charge in [0.25, 0.3) is 0 Å². The minimum atomic E-state index is -0.236. The molecule has 2 aromatic carbocycles. The van der Waals surface area contributed by atoms with Crippen LogP contribution in [0.5, 0.6) is 0 Å². The summed E-state index contributed by atoms with van der Waals surface area (Å²) in [6, 6.07) is 16.0.